The third-order valence-corrected chi connectivity index (χ3v) is 4.62. The summed E-state index contributed by atoms with van der Waals surface area (Å²) in [5, 5.41) is 18.9. The average molecular weight is 493 g/mol. The number of unbranched alkanes of at least 4 members (excludes halogenated alkanes) is 3. The summed E-state index contributed by atoms with van der Waals surface area (Å²) < 4.78 is 26.3. The van der Waals surface area contributed by atoms with Gasteiger partial charge in [-0.15, -0.1) is 0 Å². The van der Waals surface area contributed by atoms with Crippen LogP contribution in [0.1, 0.15) is 72.6 Å². The van der Waals surface area contributed by atoms with E-state index in [4.69, 9.17) is 28.8 Å². The fraction of sp³-hybridized carbons (Fsp3) is 0.826. The molecule has 0 aliphatic carbocycles. The van der Waals surface area contributed by atoms with Crippen molar-refractivity contribution < 1.29 is 53.1 Å². The van der Waals surface area contributed by atoms with E-state index in [1.165, 1.54) is 0 Å². The van der Waals surface area contributed by atoms with Gasteiger partial charge in [-0.2, -0.15) is 0 Å². The maximum Gasteiger partial charge on any atom is 0.354 e. The lowest BCUT2D eigenvalue weighted by molar-refractivity contribution is -0.214. The van der Waals surface area contributed by atoms with Crippen LogP contribution in [0.25, 0.3) is 0 Å². The number of ether oxygens (including phenoxy) is 5. The molecule has 0 radical (unpaired) electrons. The summed E-state index contributed by atoms with van der Waals surface area (Å²) in [5.41, 5.74) is -2.55. The second-order valence-corrected chi connectivity index (χ2v) is 7.79. The first-order chi connectivity index (χ1) is 16.2. The van der Waals surface area contributed by atoms with Crippen LogP contribution in [0, 0.1) is 0 Å². The molecule has 11 heteroatoms. The summed E-state index contributed by atoms with van der Waals surface area (Å²) in [7, 11) is 0. The average Bonchev–Trinajstić information content (AvgIpc) is 2.78. The molecule has 34 heavy (non-hydrogen) atoms. The van der Waals surface area contributed by atoms with Crippen molar-refractivity contribution in [3.05, 3.63) is 0 Å². The maximum absolute atomic E-state index is 13.2. The molecule has 3 atom stereocenters. The van der Waals surface area contributed by atoms with Crippen molar-refractivity contribution >= 4 is 23.9 Å². The fourth-order valence-electron chi connectivity index (χ4n) is 2.73. The SMILES string of the molecule is CCCCOC(=O)CC(OC(C)=O)(C(=O)OCCCC)C(OCC(O)CO)C(=O)OCCCC. The molecule has 0 amide bonds. The number of hydrogen-bond acceptors (Lipinski definition) is 11. The van der Waals surface area contributed by atoms with E-state index < -0.39 is 61.3 Å². The first kappa shape index (κ1) is 31.8. The van der Waals surface area contributed by atoms with Gasteiger partial charge in [-0.05, 0) is 19.3 Å². The van der Waals surface area contributed by atoms with Gasteiger partial charge in [0.1, 0.15) is 6.10 Å². The Morgan fingerprint density at radius 3 is 1.88 bits per heavy atom. The number of aliphatic hydroxyl groups excluding tert-OH is 2. The Kier molecular flexibility index (Phi) is 16.9. The normalized spacial score (nSPS) is 14.4. The maximum atomic E-state index is 13.2. The Hall–Kier alpha value is -2.24. The Balaban J connectivity index is 6.29. The molecule has 2 N–H and O–H groups in total. The number of hydrogen-bond donors (Lipinski definition) is 2. The summed E-state index contributed by atoms with van der Waals surface area (Å²) >= 11 is 0. The lowest BCUT2D eigenvalue weighted by Crippen LogP contribution is -2.60. The second kappa shape index (κ2) is 18.1. The molecule has 0 rings (SSSR count). The van der Waals surface area contributed by atoms with Gasteiger partial charge in [-0.25, -0.2) is 9.59 Å². The van der Waals surface area contributed by atoms with Crippen LogP contribution in [-0.2, 0) is 42.9 Å². The van der Waals surface area contributed by atoms with Crippen molar-refractivity contribution in [1.29, 1.82) is 0 Å². The second-order valence-electron chi connectivity index (χ2n) is 7.79. The van der Waals surface area contributed by atoms with Crippen LogP contribution in [-0.4, -0.2) is 84.9 Å². The van der Waals surface area contributed by atoms with Crippen molar-refractivity contribution in [3.8, 4) is 0 Å². The molecule has 0 bridgehead atoms. The monoisotopic (exact) mass is 492 g/mol. The van der Waals surface area contributed by atoms with Crippen LogP contribution in [0.3, 0.4) is 0 Å². The molecule has 3 unspecified atom stereocenters. The van der Waals surface area contributed by atoms with Gasteiger partial charge in [-0.3, -0.25) is 9.59 Å². The zero-order valence-electron chi connectivity index (χ0n) is 20.7. The molecule has 0 fully saturated rings. The Morgan fingerprint density at radius 1 is 0.853 bits per heavy atom. The highest BCUT2D eigenvalue weighted by Crippen LogP contribution is 2.29. The molecule has 0 aliphatic heterocycles. The summed E-state index contributed by atoms with van der Waals surface area (Å²) in [4.78, 5) is 50.9. The topological polar surface area (TPSA) is 155 Å². The third-order valence-electron chi connectivity index (χ3n) is 4.62. The Labute approximate surface area is 201 Å². The lowest BCUT2D eigenvalue weighted by atomic mass is 9.91. The van der Waals surface area contributed by atoms with Crippen LogP contribution in [0.4, 0.5) is 0 Å². The number of esters is 4. The van der Waals surface area contributed by atoms with E-state index >= 15 is 0 Å². The van der Waals surface area contributed by atoms with E-state index in [2.05, 4.69) is 0 Å². The van der Waals surface area contributed by atoms with Gasteiger partial charge in [0.05, 0.1) is 39.5 Å². The highest BCUT2D eigenvalue weighted by molar-refractivity contribution is 5.94. The highest BCUT2D eigenvalue weighted by Gasteiger charge is 2.57. The number of rotatable bonds is 19. The molecule has 0 aromatic rings. The van der Waals surface area contributed by atoms with Crippen LogP contribution in [0.5, 0.6) is 0 Å². The molecular weight excluding hydrogens is 452 g/mol. The predicted octanol–water partition coefficient (Wildman–Crippen LogP) is 1.45. The molecule has 0 saturated carbocycles. The van der Waals surface area contributed by atoms with Crippen molar-refractivity contribution in [2.24, 2.45) is 0 Å². The molecule has 0 aliphatic rings. The zero-order chi connectivity index (χ0) is 26.0. The van der Waals surface area contributed by atoms with Crippen molar-refractivity contribution in [2.45, 2.75) is 90.4 Å². The Bertz CT molecular complexity index is 622. The van der Waals surface area contributed by atoms with E-state index in [-0.39, 0.29) is 19.8 Å². The predicted molar refractivity (Wildman–Crippen MR) is 120 cm³/mol. The first-order valence-corrected chi connectivity index (χ1v) is 11.8. The molecule has 0 heterocycles. The standard InChI is InChI=1S/C23H40O11/c1-5-8-11-30-19(27)14-23(34-17(4)25,22(29)32-13-10-7-3)20(33-16-18(26)15-24)21(28)31-12-9-6-2/h18,20,24,26H,5-16H2,1-4H3. The van der Waals surface area contributed by atoms with E-state index in [1.807, 2.05) is 20.8 Å². The zero-order valence-corrected chi connectivity index (χ0v) is 20.7. The molecular formula is C23H40O11. The first-order valence-electron chi connectivity index (χ1n) is 11.8. The molecule has 198 valence electrons. The van der Waals surface area contributed by atoms with Gasteiger partial charge < -0.3 is 33.9 Å². The third kappa shape index (κ3) is 11.8. The van der Waals surface area contributed by atoms with E-state index in [0.717, 1.165) is 13.3 Å². The number of carbonyl (C=O) groups excluding carboxylic acids is 4. The molecule has 11 nitrogen and oxygen atoms in total. The summed E-state index contributed by atoms with van der Waals surface area (Å²) in [5.74, 6) is -4.17. The van der Waals surface area contributed by atoms with Gasteiger partial charge in [0.25, 0.3) is 5.60 Å². The van der Waals surface area contributed by atoms with E-state index in [0.29, 0.717) is 32.1 Å². The summed E-state index contributed by atoms with van der Waals surface area (Å²) in [6.45, 7) is 5.32. The quantitative estimate of drug-likeness (QED) is 0.153. The Morgan fingerprint density at radius 2 is 1.38 bits per heavy atom. The molecule has 0 aromatic carbocycles. The molecule has 0 saturated heterocycles. The summed E-state index contributed by atoms with van der Waals surface area (Å²) in [6, 6.07) is 0. The van der Waals surface area contributed by atoms with Gasteiger partial charge in [0.15, 0.2) is 0 Å². The van der Waals surface area contributed by atoms with Crippen LogP contribution >= 0.6 is 0 Å². The summed E-state index contributed by atoms with van der Waals surface area (Å²) in [6.07, 6.45) is -0.531. The van der Waals surface area contributed by atoms with Crippen molar-refractivity contribution in [3.63, 3.8) is 0 Å². The largest absolute Gasteiger partial charge is 0.466 e. The van der Waals surface area contributed by atoms with Gasteiger partial charge in [0.2, 0.25) is 6.10 Å². The fourth-order valence-corrected chi connectivity index (χ4v) is 2.73. The van der Waals surface area contributed by atoms with E-state index in [1.54, 1.807) is 0 Å². The highest BCUT2D eigenvalue weighted by atomic mass is 16.6. The minimum atomic E-state index is -2.55. The van der Waals surface area contributed by atoms with E-state index in [9.17, 15) is 24.3 Å². The van der Waals surface area contributed by atoms with Crippen LogP contribution < -0.4 is 0 Å². The minimum Gasteiger partial charge on any atom is -0.466 e. The minimum absolute atomic E-state index is 0.0142. The van der Waals surface area contributed by atoms with Crippen molar-refractivity contribution in [1.82, 2.24) is 0 Å². The molecule has 0 aromatic heterocycles. The van der Waals surface area contributed by atoms with Crippen LogP contribution in [0.15, 0.2) is 0 Å². The van der Waals surface area contributed by atoms with Gasteiger partial charge in [-0.1, -0.05) is 40.0 Å². The van der Waals surface area contributed by atoms with Crippen LogP contribution in [0.2, 0.25) is 0 Å². The number of carbonyl (C=O) groups is 4. The number of aliphatic hydroxyl groups is 2. The molecule has 0 spiro atoms. The van der Waals surface area contributed by atoms with Crippen molar-refractivity contribution in [2.75, 3.05) is 33.0 Å². The lowest BCUT2D eigenvalue weighted by Gasteiger charge is -2.35. The smallest absolute Gasteiger partial charge is 0.354 e. The van der Waals surface area contributed by atoms with Gasteiger partial charge in [0, 0.05) is 6.92 Å². The van der Waals surface area contributed by atoms with Gasteiger partial charge >= 0.3 is 23.9 Å².